The summed E-state index contributed by atoms with van der Waals surface area (Å²) in [5.41, 5.74) is 0. The highest BCUT2D eigenvalue weighted by Gasteiger charge is 2.32. The maximum absolute atomic E-state index is 11.8. The fourth-order valence-electron chi connectivity index (χ4n) is 2.78. The largest absolute Gasteiger partial charge is 0.356 e. The van der Waals surface area contributed by atoms with E-state index in [9.17, 15) is 13.2 Å². The first-order chi connectivity index (χ1) is 8.07. The Morgan fingerprint density at radius 3 is 2.41 bits per heavy atom. The number of carbonyl (C=O) groups excluding carboxylic acids is 1. The lowest BCUT2D eigenvalue weighted by molar-refractivity contribution is -0.124. The first-order valence-corrected chi connectivity index (χ1v) is 8.37. The minimum Gasteiger partial charge on any atom is -0.356 e. The van der Waals surface area contributed by atoms with Gasteiger partial charge in [0.2, 0.25) is 5.91 Å². The Hall–Kier alpha value is -0.580. The van der Waals surface area contributed by atoms with Gasteiger partial charge in [-0.2, -0.15) is 0 Å². The average Bonchev–Trinajstić information content (AvgIpc) is 2.68. The standard InChI is InChI=1S/C12H21NO3S/c14-12(11-6-7-17(15,16)9-11)13-8-10-4-2-1-3-5-10/h10-11H,1-9H2,(H,13,14)/t11-/m1/s1. The number of hydrogen-bond donors (Lipinski definition) is 1. The Labute approximate surface area is 103 Å². The Balaban J connectivity index is 1.74. The molecular formula is C12H21NO3S. The predicted octanol–water partition coefficient (Wildman–Crippen LogP) is 1.12. The van der Waals surface area contributed by atoms with E-state index in [1.807, 2.05) is 0 Å². The Bertz CT molecular complexity index is 371. The summed E-state index contributed by atoms with van der Waals surface area (Å²) in [6.45, 7) is 0.732. The molecule has 2 rings (SSSR count). The van der Waals surface area contributed by atoms with Crippen molar-refractivity contribution in [2.45, 2.75) is 38.5 Å². The summed E-state index contributed by atoms with van der Waals surface area (Å²) < 4.78 is 22.5. The van der Waals surface area contributed by atoms with Gasteiger partial charge in [0.05, 0.1) is 17.4 Å². The lowest BCUT2D eigenvalue weighted by Gasteiger charge is -2.22. The second-order valence-electron chi connectivity index (χ2n) is 5.35. The van der Waals surface area contributed by atoms with Crippen molar-refractivity contribution in [1.82, 2.24) is 5.32 Å². The summed E-state index contributed by atoms with van der Waals surface area (Å²) >= 11 is 0. The van der Waals surface area contributed by atoms with Gasteiger partial charge < -0.3 is 5.32 Å². The van der Waals surface area contributed by atoms with Crippen molar-refractivity contribution in [2.75, 3.05) is 18.1 Å². The molecule has 1 saturated heterocycles. The van der Waals surface area contributed by atoms with Crippen LogP contribution in [0.15, 0.2) is 0 Å². The third-order valence-electron chi connectivity index (χ3n) is 3.89. The molecule has 0 bridgehead atoms. The zero-order valence-electron chi connectivity index (χ0n) is 10.2. The highest BCUT2D eigenvalue weighted by atomic mass is 32.2. The lowest BCUT2D eigenvalue weighted by atomic mass is 9.89. The predicted molar refractivity (Wildman–Crippen MR) is 66.3 cm³/mol. The summed E-state index contributed by atoms with van der Waals surface area (Å²) in [5, 5.41) is 2.93. The van der Waals surface area contributed by atoms with Crippen molar-refractivity contribution in [1.29, 1.82) is 0 Å². The molecule has 2 aliphatic rings. The first kappa shape index (κ1) is 12.9. The summed E-state index contributed by atoms with van der Waals surface area (Å²) in [4.78, 5) is 11.8. The third kappa shape index (κ3) is 3.69. The van der Waals surface area contributed by atoms with Gasteiger partial charge in [-0.05, 0) is 25.2 Å². The summed E-state index contributed by atoms with van der Waals surface area (Å²) in [6, 6.07) is 0. The highest BCUT2D eigenvalue weighted by molar-refractivity contribution is 7.91. The van der Waals surface area contributed by atoms with Crippen molar-refractivity contribution in [3.05, 3.63) is 0 Å². The third-order valence-corrected chi connectivity index (χ3v) is 5.66. The van der Waals surface area contributed by atoms with E-state index < -0.39 is 9.84 Å². The molecule has 1 saturated carbocycles. The van der Waals surface area contributed by atoms with Crippen LogP contribution in [0, 0.1) is 11.8 Å². The maximum atomic E-state index is 11.8. The van der Waals surface area contributed by atoms with Gasteiger partial charge in [0, 0.05) is 6.54 Å². The second kappa shape index (κ2) is 5.38. The van der Waals surface area contributed by atoms with Crippen LogP contribution in [0.3, 0.4) is 0 Å². The van der Waals surface area contributed by atoms with Gasteiger partial charge in [-0.15, -0.1) is 0 Å². The van der Waals surface area contributed by atoms with E-state index in [0.717, 1.165) is 6.54 Å². The molecule has 0 aromatic heterocycles. The van der Waals surface area contributed by atoms with Gasteiger partial charge in [0.15, 0.2) is 9.84 Å². The molecule has 2 fully saturated rings. The number of rotatable bonds is 3. The Morgan fingerprint density at radius 1 is 1.12 bits per heavy atom. The summed E-state index contributed by atoms with van der Waals surface area (Å²) in [7, 11) is -2.94. The van der Waals surface area contributed by atoms with Crippen molar-refractivity contribution < 1.29 is 13.2 Å². The van der Waals surface area contributed by atoms with Crippen molar-refractivity contribution in [3.8, 4) is 0 Å². The molecule has 5 heteroatoms. The number of sulfone groups is 1. The highest BCUT2D eigenvalue weighted by Crippen LogP contribution is 2.23. The van der Waals surface area contributed by atoms with Gasteiger partial charge in [-0.1, -0.05) is 19.3 Å². The van der Waals surface area contributed by atoms with Crippen molar-refractivity contribution >= 4 is 15.7 Å². The molecule has 1 atom stereocenters. The molecule has 98 valence electrons. The molecule has 1 amide bonds. The molecule has 0 radical (unpaired) electrons. The summed E-state index contributed by atoms with van der Waals surface area (Å²) in [5.74, 6) is 0.462. The quantitative estimate of drug-likeness (QED) is 0.826. The zero-order chi connectivity index (χ0) is 12.3. The molecule has 1 N–H and O–H groups in total. The minimum atomic E-state index is -2.94. The van der Waals surface area contributed by atoms with E-state index in [0.29, 0.717) is 12.3 Å². The monoisotopic (exact) mass is 259 g/mol. The Kier molecular flexibility index (Phi) is 4.07. The molecule has 0 spiro atoms. The molecule has 1 aliphatic heterocycles. The molecule has 0 unspecified atom stereocenters. The zero-order valence-corrected chi connectivity index (χ0v) is 11.0. The van der Waals surface area contributed by atoms with Gasteiger partial charge in [-0.3, -0.25) is 4.79 Å². The van der Waals surface area contributed by atoms with E-state index in [2.05, 4.69) is 5.32 Å². The van der Waals surface area contributed by atoms with Gasteiger partial charge in [-0.25, -0.2) is 8.42 Å². The van der Waals surface area contributed by atoms with Crippen molar-refractivity contribution in [2.24, 2.45) is 11.8 Å². The van der Waals surface area contributed by atoms with Gasteiger partial charge in [0.1, 0.15) is 0 Å². The lowest BCUT2D eigenvalue weighted by Crippen LogP contribution is -2.35. The Morgan fingerprint density at radius 2 is 1.82 bits per heavy atom. The van der Waals surface area contributed by atoms with Crippen LogP contribution in [0.5, 0.6) is 0 Å². The van der Waals surface area contributed by atoms with Crippen LogP contribution in [0.25, 0.3) is 0 Å². The fourth-order valence-corrected chi connectivity index (χ4v) is 4.52. The average molecular weight is 259 g/mol. The first-order valence-electron chi connectivity index (χ1n) is 6.55. The van der Waals surface area contributed by atoms with E-state index >= 15 is 0 Å². The molecular weight excluding hydrogens is 238 g/mol. The van der Waals surface area contributed by atoms with Crippen LogP contribution in [0.1, 0.15) is 38.5 Å². The second-order valence-corrected chi connectivity index (χ2v) is 7.58. The molecule has 17 heavy (non-hydrogen) atoms. The SMILES string of the molecule is O=C(NCC1CCCCC1)[C@@H]1CCS(=O)(=O)C1. The smallest absolute Gasteiger partial charge is 0.224 e. The van der Waals surface area contributed by atoms with Gasteiger partial charge >= 0.3 is 0 Å². The molecule has 0 aromatic carbocycles. The van der Waals surface area contributed by atoms with E-state index in [4.69, 9.17) is 0 Å². The normalized spacial score (nSPS) is 29.1. The molecule has 4 nitrogen and oxygen atoms in total. The van der Waals surface area contributed by atoms with Crippen LogP contribution in [-0.4, -0.2) is 32.4 Å². The van der Waals surface area contributed by atoms with E-state index in [1.165, 1.54) is 32.1 Å². The number of amides is 1. The fraction of sp³-hybridized carbons (Fsp3) is 0.917. The van der Waals surface area contributed by atoms with E-state index in [1.54, 1.807) is 0 Å². The maximum Gasteiger partial charge on any atom is 0.224 e. The van der Waals surface area contributed by atoms with Crippen LogP contribution in [0.4, 0.5) is 0 Å². The van der Waals surface area contributed by atoms with E-state index in [-0.39, 0.29) is 23.3 Å². The van der Waals surface area contributed by atoms with Crippen LogP contribution < -0.4 is 5.32 Å². The topological polar surface area (TPSA) is 63.2 Å². The summed E-state index contributed by atoms with van der Waals surface area (Å²) in [6.07, 6.45) is 6.73. The number of nitrogens with one attached hydrogen (secondary N) is 1. The van der Waals surface area contributed by atoms with Crippen molar-refractivity contribution in [3.63, 3.8) is 0 Å². The number of hydrogen-bond acceptors (Lipinski definition) is 3. The minimum absolute atomic E-state index is 0.0451. The molecule has 1 aliphatic carbocycles. The van der Waals surface area contributed by atoms with Crippen LogP contribution >= 0.6 is 0 Å². The van der Waals surface area contributed by atoms with Crippen LogP contribution in [0.2, 0.25) is 0 Å². The molecule has 1 heterocycles. The van der Waals surface area contributed by atoms with Gasteiger partial charge in [0.25, 0.3) is 0 Å². The van der Waals surface area contributed by atoms with Crippen LogP contribution in [-0.2, 0) is 14.6 Å². The number of carbonyl (C=O) groups is 1. The molecule has 0 aromatic rings.